The minimum Gasteiger partial charge on any atom is -0.465 e. The molecule has 1 aromatic rings. The van der Waals surface area contributed by atoms with Crippen LogP contribution < -0.4 is 4.90 Å². The summed E-state index contributed by atoms with van der Waals surface area (Å²) in [5.74, 6) is 1.66. The maximum absolute atomic E-state index is 11.4. The molecule has 6 nitrogen and oxygen atoms in total. The molecule has 0 bridgehead atoms. The molecular formula is C18H27N3O3. The van der Waals surface area contributed by atoms with Crippen LogP contribution in [0.4, 0.5) is 10.6 Å². The first kappa shape index (κ1) is 18.2. The van der Waals surface area contributed by atoms with E-state index in [1.807, 2.05) is 26.8 Å². The van der Waals surface area contributed by atoms with Crippen LogP contribution in [0.25, 0.3) is 0 Å². The second-order valence-corrected chi connectivity index (χ2v) is 7.04. The van der Waals surface area contributed by atoms with Crippen molar-refractivity contribution in [3.8, 4) is 0 Å². The van der Waals surface area contributed by atoms with Crippen molar-refractivity contribution in [2.75, 3.05) is 31.1 Å². The number of amides is 1. The van der Waals surface area contributed by atoms with Crippen LogP contribution in [-0.4, -0.2) is 53.5 Å². The van der Waals surface area contributed by atoms with Crippen LogP contribution in [0.1, 0.15) is 42.6 Å². The second-order valence-electron chi connectivity index (χ2n) is 7.04. The number of aromatic nitrogens is 1. The average Bonchev–Trinajstić information content (AvgIpc) is 2.54. The summed E-state index contributed by atoms with van der Waals surface area (Å²) >= 11 is 0. The average molecular weight is 333 g/mol. The molecule has 6 heteroatoms. The largest absolute Gasteiger partial charge is 0.465 e. The van der Waals surface area contributed by atoms with Gasteiger partial charge in [-0.05, 0) is 43.2 Å². The van der Waals surface area contributed by atoms with Crippen molar-refractivity contribution in [2.24, 2.45) is 11.8 Å². The highest BCUT2D eigenvalue weighted by molar-refractivity contribution is 5.75. The highest BCUT2D eigenvalue weighted by atomic mass is 16.4. The molecule has 0 atom stereocenters. The topological polar surface area (TPSA) is 73.7 Å². The van der Waals surface area contributed by atoms with Crippen molar-refractivity contribution >= 4 is 18.2 Å². The lowest BCUT2D eigenvalue weighted by Crippen LogP contribution is -2.42. The van der Waals surface area contributed by atoms with Crippen LogP contribution in [0, 0.1) is 18.8 Å². The Morgan fingerprint density at radius 2 is 2.12 bits per heavy atom. The molecule has 1 fully saturated rings. The predicted molar refractivity (Wildman–Crippen MR) is 93.7 cm³/mol. The quantitative estimate of drug-likeness (QED) is 0.810. The van der Waals surface area contributed by atoms with Crippen LogP contribution in [-0.2, 0) is 0 Å². The molecule has 1 aliphatic heterocycles. The molecular weight excluding hydrogens is 306 g/mol. The van der Waals surface area contributed by atoms with Crippen LogP contribution in [0.3, 0.4) is 0 Å². The Balaban J connectivity index is 1.93. The summed E-state index contributed by atoms with van der Waals surface area (Å²) in [5, 5.41) is 9.35. The summed E-state index contributed by atoms with van der Waals surface area (Å²) in [5.41, 5.74) is 1.60. The predicted octanol–water partition coefficient (Wildman–Crippen LogP) is 3.05. The number of carboxylic acid groups (broad SMARTS) is 1. The van der Waals surface area contributed by atoms with Crippen LogP contribution >= 0.6 is 0 Å². The summed E-state index contributed by atoms with van der Waals surface area (Å²) in [4.78, 5) is 30.4. The zero-order valence-corrected chi connectivity index (χ0v) is 14.7. The molecule has 0 saturated carbocycles. The molecule has 24 heavy (non-hydrogen) atoms. The highest BCUT2D eigenvalue weighted by Crippen LogP contribution is 2.25. The van der Waals surface area contributed by atoms with Gasteiger partial charge in [-0.1, -0.05) is 13.8 Å². The molecule has 132 valence electrons. The summed E-state index contributed by atoms with van der Waals surface area (Å²) in [6.07, 6.45) is 3.51. The van der Waals surface area contributed by atoms with E-state index in [0.717, 1.165) is 43.6 Å². The van der Waals surface area contributed by atoms with Crippen molar-refractivity contribution < 1.29 is 14.7 Å². The van der Waals surface area contributed by atoms with Crippen LogP contribution in [0.15, 0.2) is 12.3 Å². The summed E-state index contributed by atoms with van der Waals surface area (Å²) in [6.45, 7) is 8.98. The molecule has 1 aromatic heterocycles. The van der Waals surface area contributed by atoms with E-state index in [1.165, 1.54) is 0 Å². The molecule has 0 aromatic carbocycles. The highest BCUT2D eigenvalue weighted by Gasteiger charge is 2.25. The van der Waals surface area contributed by atoms with E-state index >= 15 is 0 Å². The van der Waals surface area contributed by atoms with E-state index in [1.54, 1.807) is 11.1 Å². The van der Waals surface area contributed by atoms with E-state index in [4.69, 9.17) is 0 Å². The van der Waals surface area contributed by atoms with Crippen molar-refractivity contribution in [2.45, 2.75) is 33.6 Å². The van der Waals surface area contributed by atoms with Gasteiger partial charge in [0.1, 0.15) is 5.82 Å². The molecule has 1 N–H and O–H groups in total. The van der Waals surface area contributed by atoms with Gasteiger partial charge in [-0.25, -0.2) is 9.78 Å². The fourth-order valence-corrected chi connectivity index (χ4v) is 3.30. The zero-order valence-electron chi connectivity index (χ0n) is 14.7. The van der Waals surface area contributed by atoms with Crippen molar-refractivity contribution in [3.63, 3.8) is 0 Å². The number of hydrogen-bond donors (Lipinski definition) is 1. The lowest BCUT2D eigenvalue weighted by molar-refractivity contribution is 0.112. The van der Waals surface area contributed by atoms with Gasteiger partial charge in [-0.3, -0.25) is 4.79 Å². The minimum atomic E-state index is -0.826. The van der Waals surface area contributed by atoms with Crippen molar-refractivity contribution in [1.29, 1.82) is 0 Å². The number of aryl methyl sites for hydroxylation is 1. The maximum Gasteiger partial charge on any atom is 0.407 e. The Morgan fingerprint density at radius 1 is 1.46 bits per heavy atom. The van der Waals surface area contributed by atoms with Gasteiger partial charge in [0, 0.05) is 37.9 Å². The van der Waals surface area contributed by atoms with Gasteiger partial charge in [0.25, 0.3) is 0 Å². The van der Waals surface area contributed by atoms with E-state index in [9.17, 15) is 14.7 Å². The van der Waals surface area contributed by atoms with E-state index in [2.05, 4.69) is 9.88 Å². The third-order valence-electron chi connectivity index (χ3n) is 4.46. The van der Waals surface area contributed by atoms with E-state index in [-0.39, 0.29) is 0 Å². The smallest absolute Gasteiger partial charge is 0.407 e. The number of rotatable bonds is 6. The van der Waals surface area contributed by atoms with E-state index in [0.29, 0.717) is 30.5 Å². The molecule has 2 rings (SSSR count). The fourth-order valence-electron chi connectivity index (χ4n) is 3.30. The SMILES string of the molecule is Cc1cc(C=O)cnc1N1CCC(CN(CC(C)C)C(=O)O)CC1. The number of pyridine rings is 1. The van der Waals surface area contributed by atoms with Gasteiger partial charge in [0.05, 0.1) is 0 Å². The number of nitrogens with zero attached hydrogens (tertiary/aromatic N) is 3. The molecule has 1 aliphatic rings. The third-order valence-corrected chi connectivity index (χ3v) is 4.46. The monoisotopic (exact) mass is 333 g/mol. The van der Waals surface area contributed by atoms with Gasteiger partial charge in [-0.2, -0.15) is 0 Å². The molecule has 0 aliphatic carbocycles. The van der Waals surface area contributed by atoms with Gasteiger partial charge >= 0.3 is 6.09 Å². The minimum absolute atomic E-state index is 0.337. The Bertz CT molecular complexity index is 581. The maximum atomic E-state index is 11.4. The van der Waals surface area contributed by atoms with Crippen LogP contribution in [0.5, 0.6) is 0 Å². The summed E-state index contributed by atoms with van der Waals surface area (Å²) in [7, 11) is 0. The second kappa shape index (κ2) is 8.13. The van der Waals surface area contributed by atoms with E-state index < -0.39 is 6.09 Å². The number of carbonyl (C=O) groups is 2. The lowest BCUT2D eigenvalue weighted by Gasteiger charge is -2.35. The molecule has 0 spiro atoms. The Morgan fingerprint density at radius 3 is 2.62 bits per heavy atom. The standard InChI is InChI=1S/C18H27N3O3/c1-13(2)10-21(18(23)24)11-15-4-6-20(7-5-15)17-14(3)8-16(12-22)9-19-17/h8-9,12-13,15H,4-7,10-11H2,1-3H3,(H,23,24). The fraction of sp³-hybridized carbons (Fsp3) is 0.611. The molecule has 0 unspecified atom stereocenters. The number of hydrogen-bond acceptors (Lipinski definition) is 4. The van der Waals surface area contributed by atoms with Crippen LogP contribution in [0.2, 0.25) is 0 Å². The zero-order chi connectivity index (χ0) is 17.7. The first-order valence-corrected chi connectivity index (χ1v) is 8.55. The first-order chi connectivity index (χ1) is 11.4. The lowest BCUT2D eigenvalue weighted by atomic mass is 9.95. The van der Waals surface area contributed by atoms with Gasteiger partial charge in [0.2, 0.25) is 0 Å². The van der Waals surface area contributed by atoms with Crippen molar-refractivity contribution in [3.05, 3.63) is 23.4 Å². The van der Waals surface area contributed by atoms with Gasteiger partial charge in [-0.15, -0.1) is 0 Å². The summed E-state index contributed by atoms with van der Waals surface area (Å²) < 4.78 is 0. The normalized spacial score (nSPS) is 15.6. The van der Waals surface area contributed by atoms with Gasteiger partial charge < -0.3 is 14.9 Å². The number of carbonyl (C=O) groups excluding carboxylic acids is 1. The van der Waals surface area contributed by atoms with Crippen molar-refractivity contribution in [1.82, 2.24) is 9.88 Å². The third kappa shape index (κ3) is 4.69. The number of piperidine rings is 1. The number of anilines is 1. The Hall–Kier alpha value is -2.11. The summed E-state index contributed by atoms with van der Waals surface area (Å²) in [6, 6.07) is 1.86. The number of aldehydes is 1. The Kier molecular flexibility index (Phi) is 6.17. The molecule has 1 saturated heterocycles. The molecule has 2 heterocycles. The molecule has 0 radical (unpaired) electrons. The Labute approximate surface area is 143 Å². The van der Waals surface area contributed by atoms with Gasteiger partial charge in [0.15, 0.2) is 6.29 Å². The first-order valence-electron chi connectivity index (χ1n) is 8.55. The molecule has 1 amide bonds.